The van der Waals surface area contributed by atoms with Crippen molar-refractivity contribution in [3.8, 4) is 0 Å². The number of aromatic nitrogens is 1. The van der Waals surface area contributed by atoms with E-state index in [9.17, 15) is 4.79 Å². The summed E-state index contributed by atoms with van der Waals surface area (Å²) in [5, 5.41) is 3.24. The van der Waals surface area contributed by atoms with Crippen molar-refractivity contribution in [1.29, 1.82) is 0 Å². The van der Waals surface area contributed by atoms with E-state index in [2.05, 4.69) is 10.3 Å². The molecule has 1 heterocycles. The molecule has 0 aliphatic heterocycles. The van der Waals surface area contributed by atoms with Gasteiger partial charge in [-0.1, -0.05) is 18.2 Å². The molecular formula is C17H21N3O2. The highest BCUT2D eigenvalue weighted by Gasteiger charge is 2.14. The minimum Gasteiger partial charge on any atom is -0.385 e. The molecule has 0 saturated heterocycles. The normalized spacial score (nSPS) is 10.3. The molecule has 0 unspecified atom stereocenters. The van der Waals surface area contributed by atoms with Gasteiger partial charge in [0.15, 0.2) is 0 Å². The number of rotatable bonds is 7. The molecule has 0 aliphatic rings. The fourth-order valence-corrected chi connectivity index (χ4v) is 2.07. The lowest BCUT2D eigenvalue weighted by molar-refractivity contribution is 0.0992. The van der Waals surface area contributed by atoms with E-state index < -0.39 is 0 Å². The number of nitrogens with zero attached hydrogens (tertiary/aromatic N) is 2. The number of carbonyl (C=O) groups excluding carboxylic acids is 1. The SMILES string of the molecule is COCCCNc1cncc(C(=O)N(C)c2ccccc2)c1. The second-order valence-corrected chi connectivity index (χ2v) is 4.94. The van der Waals surface area contributed by atoms with Gasteiger partial charge in [0.2, 0.25) is 0 Å². The summed E-state index contributed by atoms with van der Waals surface area (Å²) in [6.07, 6.45) is 4.20. The zero-order valence-electron chi connectivity index (χ0n) is 13.0. The predicted molar refractivity (Wildman–Crippen MR) is 88.4 cm³/mol. The van der Waals surface area contributed by atoms with Crippen molar-refractivity contribution in [3.05, 3.63) is 54.4 Å². The van der Waals surface area contributed by atoms with Gasteiger partial charge in [0.05, 0.1) is 11.3 Å². The molecule has 0 spiro atoms. The molecule has 0 atom stereocenters. The Morgan fingerprint density at radius 3 is 2.77 bits per heavy atom. The number of pyridine rings is 1. The summed E-state index contributed by atoms with van der Waals surface area (Å²) < 4.78 is 5.01. The smallest absolute Gasteiger partial charge is 0.259 e. The number of ether oxygens (including phenoxy) is 1. The van der Waals surface area contributed by atoms with Gasteiger partial charge in [-0.15, -0.1) is 0 Å². The largest absolute Gasteiger partial charge is 0.385 e. The predicted octanol–water partition coefficient (Wildman–Crippen LogP) is 2.81. The van der Waals surface area contributed by atoms with Crippen LogP contribution in [0, 0.1) is 0 Å². The fourth-order valence-electron chi connectivity index (χ4n) is 2.07. The van der Waals surface area contributed by atoms with Gasteiger partial charge in [-0.25, -0.2) is 0 Å². The van der Waals surface area contributed by atoms with E-state index in [-0.39, 0.29) is 5.91 Å². The first kappa shape index (κ1) is 16.0. The summed E-state index contributed by atoms with van der Waals surface area (Å²) in [6, 6.07) is 11.4. The first-order valence-corrected chi connectivity index (χ1v) is 7.23. The van der Waals surface area contributed by atoms with Gasteiger partial charge in [-0.2, -0.15) is 0 Å². The van der Waals surface area contributed by atoms with Gasteiger partial charge in [0.25, 0.3) is 5.91 Å². The van der Waals surface area contributed by atoms with Crippen molar-refractivity contribution >= 4 is 17.3 Å². The van der Waals surface area contributed by atoms with Crippen LogP contribution in [-0.2, 0) is 4.74 Å². The van der Waals surface area contributed by atoms with Crippen LogP contribution < -0.4 is 10.2 Å². The Morgan fingerprint density at radius 1 is 1.27 bits per heavy atom. The molecule has 0 bridgehead atoms. The molecule has 2 rings (SSSR count). The molecule has 0 aliphatic carbocycles. The molecule has 1 aromatic carbocycles. The van der Waals surface area contributed by atoms with Crippen molar-refractivity contribution in [2.45, 2.75) is 6.42 Å². The summed E-state index contributed by atoms with van der Waals surface area (Å²) in [5.41, 5.74) is 2.25. The van der Waals surface area contributed by atoms with Crippen molar-refractivity contribution in [1.82, 2.24) is 4.98 Å². The number of methoxy groups -OCH3 is 1. The Hall–Kier alpha value is -2.40. The summed E-state index contributed by atoms with van der Waals surface area (Å²) in [7, 11) is 3.44. The van der Waals surface area contributed by atoms with E-state index >= 15 is 0 Å². The van der Waals surface area contributed by atoms with Crippen LogP contribution in [0.4, 0.5) is 11.4 Å². The van der Waals surface area contributed by atoms with E-state index in [4.69, 9.17) is 4.74 Å². The Morgan fingerprint density at radius 2 is 2.05 bits per heavy atom. The number of anilines is 2. The Kier molecular flexibility index (Phi) is 5.91. The van der Waals surface area contributed by atoms with Crippen LogP contribution in [-0.4, -0.2) is 38.2 Å². The highest BCUT2D eigenvalue weighted by molar-refractivity contribution is 6.05. The average Bonchev–Trinajstić information content (AvgIpc) is 2.58. The van der Waals surface area contributed by atoms with E-state index in [0.29, 0.717) is 12.2 Å². The monoisotopic (exact) mass is 299 g/mol. The average molecular weight is 299 g/mol. The maximum absolute atomic E-state index is 12.5. The molecule has 2 aromatic rings. The molecule has 116 valence electrons. The Bertz CT molecular complexity index is 602. The number of hydrogen-bond acceptors (Lipinski definition) is 4. The topological polar surface area (TPSA) is 54.5 Å². The summed E-state index contributed by atoms with van der Waals surface area (Å²) >= 11 is 0. The Labute approximate surface area is 130 Å². The lowest BCUT2D eigenvalue weighted by atomic mass is 10.2. The van der Waals surface area contributed by atoms with Crippen LogP contribution in [0.1, 0.15) is 16.8 Å². The third-order valence-electron chi connectivity index (χ3n) is 3.29. The molecule has 0 fully saturated rings. The van der Waals surface area contributed by atoms with E-state index in [1.165, 1.54) is 0 Å². The van der Waals surface area contributed by atoms with Gasteiger partial charge >= 0.3 is 0 Å². The van der Waals surface area contributed by atoms with Crippen molar-refractivity contribution in [2.75, 3.05) is 37.5 Å². The number of para-hydroxylation sites is 1. The minimum atomic E-state index is -0.0840. The highest BCUT2D eigenvalue weighted by atomic mass is 16.5. The quantitative estimate of drug-likeness (QED) is 0.799. The van der Waals surface area contributed by atoms with Crippen LogP contribution in [0.25, 0.3) is 0 Å². The standard InChI is InChI=1S/C17H21N3O2/c1-20(16-7-4-3-5-8-16)17(21)14-11-15(13-18-12-14)19-9-6-10-22-2/h3-5,7-8,11-13,19H,6,9-10H2,1-2H3. The number of carbonyl (C=O) groups is 1. The lowest BCUT2D eigenvalue weighted by Crippen LogP contribution is -2.26. The molecule has 5 nitrogen and oxygen atoms in total. The molecule has 1 aromatic heterocycles. The molecule has 5 heteroatoms. The highest BCUT2D eigenvalue weighted by Crippen LogP contribution is 2.16. The van der Waals surface area contributed by atoms with Gasteiger partial charge < -0.3 is 15.0 Å². The van der Waals surface area contributed by atoms with Gasteiger partial charge in [0.1, 0.15) is 0 Å². The maximum atomic E-state index is 12.5. The zero-order valence-corrected chi connectivity index (χ0v) is 13.0. The van der Waals surface area contributed by atoms with Crippen LogP contribution in [0.5, 0.6) is 0 Å². The molecule has 1 N–H and O–H groups in total. The summed E-state index contributed by atoms with van der Waals surface area (Å²) in [4.78, 5) is 18.3. The van der Waals surface area contributed by atoms with Crippen LogP contribution >= 0.6 is 0 Å². The van der Waals surface area contributed by atoms with E-state index in [1.807, 2.05) is 36.4 Å². The van der Waals surface area contributed by atoms with Gasteiger partial charge in [0, 0.05) is 45.4 Å². The summed E-state index contributed by atoms with van der Waals surface area (Å²) in [5.74, 6) is -0.0840. The van der Waals surface area contributed by atoms with Crippen LogP contribution in [0.3, 0.4) is 0 Å². The maximum Gasteiger partial charge on any atom is 0.259 e. The molecule has 22 heavy (non-hydrogen) atoms. The number of amides is 1. The van der Waals surface area contributed by atoms with Gasteiger partial charge in [-0.05, 0) is 24.6 Å². The molecule has 1 amide bonds. The van der Waals surface area contributed by atoms with Crippen LogP contribution in [0.15, 0.2) is 48.8 Å². The number of hydrogen-bond donors (Lipinski definition) is 1. The molecule has 0 saturated carbocycles. The van der Waals surface area contributed by atoms with E-state index in [0.717, 1.165) is 24.3 Å². The van der Waals surface area contributed by atoms with Crippen molar-refractivity contribution in [2.24, 2.45) is 0 Å². The second-order valence-electron chi connectivity index (χ2n) is 4.94. The zero-order chi connectivity index (χ0) is 15.8. The third-order valence-corrected chi connectivity index (χ3v) is 3.29. The lowest BCUT2D eigenvalue weighted by Gasteiger charge is -2.17. The first-order valence-electron chi connectivity index (χ1n) is 7.23. The third kappa shape index (κ3) is 4.30. The minimum absolute atomic E-state index is 0.0840. The fraction of sp³-hybridized carbons (Fsp3) is 0.294. The van der Waals surface area contributed by atoms with Crippen molar-refractivity contribution in [3.63, 3.8) is 0 Å². The number of benzene rings is 1. The Balaban J connectivity index is 2.03. The first-order chi connectivity index (χ1) is 10.7. The van der Waals surface area contributed by atoms with Crippen molar-refractivity contribution < 1.29 is 9.53 Å². The van der Waals surface area contributed by atoms with Gasteiger partial charge in [-0.3, -0.25) is 9.78 Å². The summed E-state index contributed by atoms with van der Waals surface area (Å²) in [6.45, 7) is 1.48. The number of nitrogens with one attached hydrogen (secondary N) is 1. The van der Waals surface area contributed by atoms with Crippen LogP contribution in [0.2, 0.25) is 0 Å². The molecule has 0 radical (unpaired) electrons. The second kappa shape index (κ2) is 8.14. The molecular weight excluding hydrogens is 278 g/mol. The van der Waals surface area contributed by atoms with E-state index in [1.54, 1.807) is 31.5 Å².